The Balaban J connectivity index is 2.21. The molecule has 1 heterocycles. The Hall–Kier alpha value is -1.59. The van der Waals surface area contributed by atoms with Gasteiger partial charge in [-0.25, -0.2) is 0 Å². The molecular weight excluding hydrogens is 384 g/mol. The van der Waals surface area contributed by atoms with Crippen LogP contribution in [0.1, 0.15) is 0 Å². The molecule has 100 valence electrons. The van der Waals surface area contributed by atoms with Crippen molar-refractivity contribution < 1.29 is 4.52 Å². The molecule has 0 unspecified atom stereocenters. The third-order valence-corrected chi connectivity index (χ3v) is 4.12. The summed E-state index contributed by atoms with van der Waals surface area (Å²) in [6.07, 6.45) is 0. The van der Waals surface area contributed by atoms with Gasteiger partial charge in [0.05, 0.1) is 5.56 Å². The predicted octanol–water partition coefficient (Wildman–Crippen LogP) is 5.12. The summed E-state index contributed by atoms with van der Waals surface area (Å²) in [5.74, 6) is 0.320. The lowest BCUT2D eigenvalue weighted by molar-refractivity contribution is 0.439. The Kier molecular flexibility index (Phi) is 3.63. The highest BCUT2D eigenvalue weighted by atomic mass is 79.9. The lowest BCUT2D eigenvalue weighted by Gasteiger charge is -2.05. The standard InChI is InChI=1S/C15H10Br2N2O/c16-10-6-7-11(12(17)8-10)14-13(15(18)20-19-14)9-4-2-1-3-5-9/h1-8H,18H2. The van der Waals surface area contributed by atoms with E-state index in [0.29, 0.717) is 5.88 Å². The van der Waals surface area contributed by atoms with Gasteiger partial charge in [-0.05, 0) is 17.7 Å². The average Bonchev–Trinajstić information content (AvgIpc) is 2.81. The molecule has 3 nitrogen and oxygen atoms in total. The van der Waals surface area contributed by atoms with Gasteiger partial charge < -0.3 is 10.3 Å². The van der Waals surface area contributed by atoms with Crippen molar-refractivity contribution in [2.24, 2.45) is 0 Å². The number of nitrogen functional groups attached to an aromatic ring is 1. The van der Waals surface area contributed by atoms with Crippen LogP contribution in [0.3, 0.4) is 0 Å². The minimum absolute atomic E-state index is 0.320. The van der Waals surface area contributed by atoms with Crippen molar-refractivity contribution in [3.63, 3.8) is 0 Å². The van der Waals surface area contributed by atoms with E-state index in [-0.39, 0.29) is 0 Å². The number of hydrogen-bond acceptors (Lipinski definition) is 3. The van der Waals surface area contributed by atoms with Crippen molar-refractivity contribution in [2.75, 3.05) is 5.73 Å². The third-order valence-electron chi connectivity index (χ3n) is 2.97. The molecule has 0 bridgehead atoms. The van der Waals surface area contributed by atoms with Gasteiger partial charge in [-0.15, -0.1) is 0 Å². The van der Waals surface area contributed by atoms with E-state index in [4.69, 9.17) is 10.3 Å². The van der Waals surface area contributed by atoms with Crippen LogP contribution in [0.15, 0.2) is 62.0 Å². The molecule has 0 fully saturated rings. The maximum absolute atomic E-state index is 5.94. The van der Waals surface area contributed by atoms with Gasteiger partial charge in [0.2, 0.25) is 5.88 Å². The molecular formula is C15H10Br2N2O. The Labute approximate surface area is 133 Å². The van der Waals surface area contributed by atoms with Crippen LogP contribution in [0, 0.1) is 0 Å². The van der Waals surface area contributed by atoms with Gasteiger partial charge in [0.25, 0.3) is 0 Å². The summed E-state index contributed by atoms with van der Waals surface area (Å²) in [6, 6.07) is 15.7. The molecule has 3 rings (SSSR count). The minimum atomic E-state index is 0.320. The number of hydrogen-bond donors (Lipinski definition) is 1. The first-order valence-corrected chi connectivity index (χ1v) is 7.51. The lowest BCUT2D eigenvalue weighted by atomic mass is 10.0. The summed E-state index contributed by atoms with van der Waals surface area (Å²) in [5, 5.41) is 4.11. The molecule has 0 saturated heterocycles. The number of anilines is 1. The lowest BCUT2D eigenvalue weighted by Crippen LogP contribution is -1.88. The zero-order valence-electron chi connectivity index (χ0n) is 10.3. The molecule has 2 aromatic carbocycles. The first-order valence-electron chi connectivity index (χ1n) is 5.93. The maximum Gasteiger partial charge on any atom is 0.230 e. The molecule has 0 radical (unpaired) electrons. The molecule has 0 aliphatic heterocycles. The molecule has 20 heavy (non-hydrogen) atoms. The van der Waals surface area contributed by atoms with E-state index in [1.54, 1.807) is 0 Å². The van der Waals surface area contributed by atoms with Gasteiger partial charge in [-0.1, -0.05) is 73.4 Å². The monoisotopic (exact) mass is 392 g/mol. The van der Waals surface area contributed by atoms with Crippen molar-refractivity contribution in [3.8, 4) is 22.4 Å². The molecule has 0 aliphatic carbocycles. The van der Waals surface area contributed by atoms with E-state index in [1.165, 1.54) is 0 Å². The van der Waals surface area contributed by atoms with Crippen LogP contribution in [-0.2, 0) is 0 Å². The Morgan fingerprint density at radius 1 is 1.00 bits per heavy atom. The number of nitrogens with zero attached hydrogens (tertiary/aromatic N) is 1. The highest BCUT2D eigenvalue weighted by Gasteiger charge is 2.19. The molecule has 0 amide bonds. The number of rotatable bonds is 2. The molecule has 1 aromatic heterocycles. The number of benzene rings is 2. The van der Waals surface area contributed by atoms with Crippen LogP contribution in [0.2, 0.25) is 0 Å². The molecule has 3 aromatic rings. The van der Waals surface area contributed by atoms with Gasteiger partial charge >= 0.3 is 0 Å². The summed E-state index contributed by atoms with van der Waals surface area (Å²) < 4.78 is 7.10. The normalized spacial score (nSPS) is 10.7. The Morgan fingerprint density at radius 3 is 2.45 bits per heavy atom. The highest BCUT2D eigenvalue weighted by Crippen LogP contribution is 2.39. The van der Waals surface area contributed by atoms with E-state index in [2.05, 4.69) is 37.0 Å². The van der Waals surface area contributed by atoms with E-state index < -0.39 is 0 Å². The van der Waals surface area contributed by atoms with Crippen molar-refractivity contribution in [1.29, 1.82) is 0 Å². The highest BCUT2D eigenvalue weighted by molar-refractivity contribution is 9.11. The third kappa shape index (κ3) is 2.39. The summed E-state index contributed by atoms with van der Waals surface area (Å²) >= 11 is 6.99. The van der Waals surface area contributed by atoms with Crippen LogP contribution >= 0.6 is 31.9 Å². The minimum Gasteiger partial charge on any atom is -0.367 e. The van der Waals surface area contributed by atoms with Crippen molar-refractivity contribution in [3.05, 3.63) is 57.5 Å². The van der Waals surface area contributed by atoms with Crippen LogP contribution in [0.25, 0.3) is 22.4 Å². The van der Waals surface area contributed by atoms with E-state index >= 15 is 0 Å². The fraction of sp³-hybridized carbons (Fsp3) is 0. The molecule has 0 spiro atoms. The summed E-state index contributed by atoms with van der Waals surface area (Å²) in [4.78, 5) is 0. The van der Waals surface area contributed by atoms with Gasteiger partial charge in [0.15, 0.2) is 0 Å². The smallest absolute Gasteiger partial charge is 0.230 e. The Bertz CT molecular complexity index is 754. The second-order valence-corrected chi connectivity index (χ2v) is 6.03. The van der Waals surface area contributed by atoms with Crippen LogP contribution in [0.5, 0.6) is 0 Å². The maximum atomic E-state index is 5.94. The quantitative estimate of drug-likeness (QED) is 0.657. The van der Waals surface area contributed by atoms with E-state index in [0.717, 1.165) is 31.3 Å². The predicted molar refractivity (Wildman–Crippen MR) is 87.2 cm³/mol. The summed E-state index contributed by atoms with van der Waals surface area (Å²) in [7, 11) is 0. The molecule has 0 atom stereocenters. The second-order valence-electron chi connectivity index (χ2n) is 4.26. The van der Waals surface area contributed by atoms with Gasteiger partial charge in [-0.2, -0.15) is 0 Å². The first kappa shape index (κ1) is 13.4. The van der Waals surface area contributed by atoms with Crippen LogP contribution in [-0.4, -0.2) is 5.16 Å². The SMILES string of the molecule is Nc1onc(-c2ccc(Br)cc2Br)c1-c1ccccc1. The molecule has 5 heteroatoms. The van der Waals surface area contributed by atoms with E-state index in [1.807, 2.05) is 48.5 Å². The zero-order chi connectivity index (χ0) is 14.1. The summed E-state index contributed by atoms with van der Waals surface area (Å²) in [5.41, 5.74) is 9.40. The molecule has 0 aliphatic rings. The molecule has 2 N–H and O–H groups in total. The van der Waals surface area contributed by atoms with Gasteiger partial charge in [0.1, 0.15) is 5.69 Å². The second kappa shape index (κ2) is 5.42. The van der Waals surface area contributed by atoms with Crippen LogP contribution in [0.4, 0.5) is 5.88 Å². The fourth-order valence-electron chi connectivity index (χ4n) is 2.05. The Morgan fingerprint density at radius 2 is 1.75 bits per heavy atom. The van der Waals surface area contributed by atoms with Crippen LogP contribution < -0.4 is 5.73 Å². The van der Waals surface area contributed by atoms with Gasteiger partial charge in [0, 0.05) is 14.5 Å². The van der Waals surface area contributed by atoms with Crippen molar-refractivity contribution in [2.45, 2.75) is 0 Å². The first-order chi connectivity index (χ1) is 9.66. The zero-order valence-corrected chi connectivity index (χ0v) is 13.5. The van der Waals surface area contributed by atoms with Crippen molar-refractivity contribution >= 4 is 37.7 Å². The number of halogens is 2. The number of aromatic nitrogens is 1. The largest absolute Gasteiger partial charge is 0.367 e. The van der Waals surface area contributed by atoms with E-state index in [9.17, 15) is 0 Å². The fourth-order valence-corrected chi connectivity index (χ4v) is 3.29. The number of nitrogens with two attached hydrogens (primary N) is 1. The van der Waals surface area contributed by atoms with Crippen molar-refractivity contribution in [1.82, 2.24) is 5.16 Å². The summed E-state index contributed by atoms with van der Waals surface area (Å²) in [6.45, 7) is 0. The van der Waals surface area contributed by atoms with Gasteiger partial charge in [-0.3, -0.25) is 0 Å². The average molecular weight is 394 g/mol. The molecule has 0 saturated carbocycles. The topological polar surface area (TPSA) is 52.0 Å².